The summed E-state index contributed by atoms with van der Waals surface area (Å²) in [7, 11) is 0. The maximum absolute atomic E-state index is 6.54. The number of nitrogens with zero attached hydrogens (tertiary/aromatic N) is 1. The lowest BCUT2D eigenvalue weighted by Crippen LogP contribution is -2.10. The fraction of sp³-hybridized carbons (Fsp3) is 0. The lowest BCUT2D eigenvalue weighted by Gasteiger charge is -2.26. The number of furan rings is 1. The van der Waals surface area contributed by atoms with E-state index >= 15 is 0 Å². The molecule has 0 N–H and O–H groups in total. The largest absolute Gasteiger partial charge is 0.455 e. The number of hydrogen-bond acceptors (Lipinski definition) is 2. The maximum atomic E-state index is 6.54. The highest BCUT2D eigenvalue weighted by molar-refractivity contribution is 6.12. The third kappa shape index (κ3) is 4.22. The van der Waals surface area contributed by atoms with E-state index in [4.69, 9.17) is 4.42 Å². The molecule has 0 bridgehead atoms. The number of rotatable bonds is 5. The molecule has 0 aliphatic rings. The first-order valence-electron chi connectivity index (χ1n) is 14.3. The third-order valence-electron chi connectivity index (χ3n) is 8.03. The Kier molecular flexibility index (Phi) is 5.82. The summed E-state index contributed by atoms with van der Waals surface area (Å²) in [6.07, 6.45) is 0. The van der Waals surface area contributed by atoms with Crippen LogP contribution in [0.1, 0.15) is 0 Å². The van der Waals surface area contributed by atoms with Crippen molar-refractivity contribution in [2.24, 2.45) is 0 Å². The molecule has 1 heterocycles. The molecule has 0 spiro atoms. The molecule has 0 saturated heterocycles. The summed E-state index contributed by atoms with van der Waals surface area (Å²) in [5.41, 5.74) is 9.68. The van der Waals surface area contributed by atoms with Crippen molar-refractivity contribution in [2.45, 2.75) is 0 Å². The van der Waals surface area contributed by atoms with E-state index in [1.54, 1.807) is 0 Å². The molecule has 2 heteroatoms. The van der Waals surface area contributed by atoms with E-state index in [1.807, 2.05) is 6.07 Å². The van der Waals surface area contributed by atoms with Crippen LogP contribution in [0.15, 0.2) is 168 Å². The first kappa shape index (κ1) is 24.2. The van der Waals surface area contributed by atoms with E-state index in [2.05, 4.69) is 163 Å². The van der Waals surface area contributed by atoms with E-state index in [9.17, 15) is 0 Å². The minimum Gasteiger partial charge on any atom is -0.455 e. The first-order chi connectivity index (χ1) is 20.8. The second-order valence-corrected chi connectivity index (χ2v) is 10.6. The van der Waals surface area contributed by atoms with Crippen molar-refractivity contribution in [3.63, 3.8) is 0 Å². The highest BCUT2D eigenvalue weighted by Gasteiger charge is 2.19. The Morgan fingerprint density at radius 3 is 1.81 bits per heavy atom. The van der Waals surface area contributed by atoms with Crippen LogP contribution in [0.3, 0.4) is 0 Å². The van der Waals surface area contributed by atoms with Crippen LogP contribution in [-0.4, -0.2) is 0 Å². The molecule has 42 heavy (non-hydrogen) atoms. The van der Waals surface area contributed by atoms with Crippen molar-refractivity contribution in [3.8, 4) is 22.3 Å². The van der Waals surface area contributed by atoms with Crippen molar-refractivity contribution >= 4 is 49.8 Å². The number of fused-ring (bicyclic) bond motifs is 4. The zero-order valence-corrected chi connectivity index (χ0v) is 22.9. The topological polar surface area (TPSA) is 16.4 Å². The smallest absolute Gasteiger partial charge is 0.143 e. The van der Waals surface area contributed by atoms with Gasteiger partial charge in [0.25, 0.3) is 0 Å². The van der Waals surface area contributed by atoms with Gasteiger partial charge < -0.3 is 9.32 Å². The molecule has 0 radical (unpaired) electrons. The van der Waals surface area contributed by atoms with Crippen LogP contribution < -0.4 is 4.90 Å². The Morgan fingerprint density at radius 1 is 0.381 bits per heavy atom. The summed E-state index contributed by atoms with van der Waals surface area (Å²) in [4.78, 5) is 2.33. The number of benzene rings is 7. The monoisotopic (exact) mass is 537 g/mol. The van der Waals surface area contributed by atoms with Crippen LogP contribution in [0.4, 0.5) is 17.1 Å². The molecule has 0 fully saturated rings. The predicted molar refractivity (Wildman–Crippen MR) is 177 cm³/mol. The second kappa shape index (κ2) is 10.1. The van der Waals surface area contributed by atoms with Gasteiger partial charge in [-0.3, -0.25) is 0 Å². The summed E-state index contributed by atoms with van der Waals surface area (Å²) in [5.74, 6) is 0. The molecule has 2 nitrogen and oxygen atoms in total. The van der Waals surface area contributed by atoms with Gasteiger partial charge in [-0.1, -0.05) is 115 Å². The minimum absolute atomic E-state index is 0.894. The van der Waals surface area contributed by atoms with Crippen LogP contribution in [0.5, 0.6) is 0 Å². The average Bonchev–Trinajstić information content (AvgIpc) is 3.44. The molecule has 0 unspecified atom stereocenters. The van der Waals surface area contributed by atoms with Crippen molar-refractivity contribution in [2.75, 3.05) is 4.90 Å². The lowest BCUT2D eigenvalue weighted by molar-refractivity contribution is 0.670. The van der Waals surface area contributed by atoms with Gasteiger partial charge >= 0.3 is 0 Å². The van der Waals surface area contributed by atoms with Gasteiger partial charge in [-0.05, 0) is 76.0 Å². The zero-order chi connectivity index (χ0) is 27.9. The lowest BCUT2D eigenvalue weighted by atomic mass is 9.97. The normalized spacial score (nSPS) is 11.3. The van der Waals surface area contributed by atoms with Gasteiger partial charge in [0.05, 0.1) is 0 Å². The van der Waals surface area contributed by atoms with E-state index in [-0.39, 0.29) is 0 Å². The Labute approximate surface area is 244 Å². The highest BCUT2D eigenvalue weighted by Crippen LogP contribution is 2.43. The van der Waals surface area contributed by atoms with Gasteiger partial charge in [0.15, 0.2) is 0 Å². The Balaban J connectivity index is 1.37. The van der Waals surface area contributed by atoms with Gasteiger partial charge in [-0.15, -0.1) is 0 Å². The summed E-state index contributed by atoms with van der Waals surface area (Å²) < 4.78 is 6.54. The van der Waals surface area contributed by atoms with Crippen molar-refractivity contribution in [1.82, 2.24) is 0 Å². The van der Waals surface area contributed by atoms with E-state index < -0.39 is 0 Å². The van der Waals surface area contributed by atoms with Gasteiger partial charge in [-0.2, -0.15) is 0 Å². The molecule has 0 amide bonds. The predicted octanol–water partition coefficient (Wildman–Crippen LogP) is 11.5. The van der Waals surface area contributed by atoms with Crippen LogP contribution >= 0.6 is 0 Å². The Morgan fingerprint density at radius 2 is 1.00 bits per heavy atom. The van der Waals surface area contributed by atoms with E-state index in [1.165, 1.54) is 21.9 Å². The van der Waals surface area contributed by atoms with Crippen LogP contribution in [0.2, 0.25) is 0 Å². The van der Waals surface area contributed by atoms with Gasteiger partial charge in [0.2, 0.25) is 0 Å². The van der Waals surface area contributed by atoms with E-state index in [0.717, 1.165) is 50.1 Å². The standard InChI is InChI=1S/C40H27NO/c1-3-11-28(12-4-1)30-21-23-34(24-22-30)41(33-15-5-2-6-16-33)35-26-37(32-20-19-29-13-7-8-14-31(29)25-32)40-38(27-35)36-17-9-10-18-39(36)42-40/h1-27H. The van der Waals surface area contributed by atoms with Crippen molar-refractivity contribution in [3.05, 3.63) is 164 Å². The van der Waals surface area contributed by atoms with Crippen molar-refractivity contribution < 1.29 is 4.42 Å². The molecule has 8 aromatic rings. The summed E-state index contributed by atoms with van der Waals surface area (Å²) in [6, 6.07) is 58.0. The maximum Gasteiger partial charge on any atom is 0.143 e. The Hall–Kier alpha value is -5.60. The first-order valence-corrected chi connectivity index (χ1v) is 14.3. The quantitative estimate of drug-likeness (QED) is 0.217. The fourth-order valence-corrected chi connectivity index (χ4v) is 5.97. The molecule has 0 aliphatic carbocycles. The minimum atomic E-state index is 0.894. The van der Waals surface area contributed by atoms with Gasteiger partial charge in [0.1, 0.15) is 11.2 Å². The average molecular weight is 538 g/mol. The number of para-hydroxylation sites is 2. The fourth-order valence-electron chi connectivity index (χ4n) is 5.97. The third-order valence-corrected chi connectivity index (χ3v) is 8.03. The van der Waals surface area contributed by atoms with Gasteiger partial charge in [0, 0.05) is 33.4 Å². The van der Waals surface area contributed by atoms with Crippen molar-refractivity contribution in [1.29, 1.82) is 0 Å². The molecule has 0 saturated carbocycles. The molecule has 8 rings (SSSR count). The zero-order valence-electron chi connectivity index (χ0n) is 22.9. The summed E-state index contributed by atoms with van der Waals surface area (Å²) >= 11 is 0. The molecule has 1 aromatic heterocycles. The molecular formula is C40H27NO. The van der Waals surface area contributed by atoms with Gasteiger partial charge in [-0.25, -0.2) is 0 Å². The Bertz CT molecular complexity index is 2180. The SMILES string of the molecule is c1ccc(-c2ccc(N(c3ccccc3)c3cc(-c4ccc5ccccc5c4)c4oc5ccccc5c4c3)cc2)cc1. The van der Waals surface area contributed by atoms with E-state index in [0.29, 0.717) is 0 Å². The highest BCUT2D eigenvalue weighted by atomic mass is 16.3. The number of hydrogen-bond donors (Lipinski definition) is 0. The molecule has 0 aliphatic heterocycles. The number of anilines is 3. The van der Waals surface area contributed by atoms with Crippen LogP contribution in [-0.2, 0) is 0 Å². The van der Waals surface area contributed by atoms with Crippen LogP contribution in [0, 0.1) is 0 Å². The van der Waals surface area contributed by atoms with Crippen LogP contribution in [0.25, 0.3) is 55.0 Å². The second-order valence-electron chi connectivity index (χ2n) is 10.6. The summed E-state index contributed by atoms with van der Waals surface area (Å²) in [6.45, 7) is 0. The molecule has 0 atom stereocenters. The summed E-state index contributed by atoms with van der Waals surface area (Å²) in [5, 5.41) is 4.65. The molecule has 198 valence electrons. The molecule has 7 aromatic carbocycles. The molecular weight excluding hydrogens is 510 g/mol.